The third-order valence-electron chi connectivity index (χ3n) is 6.12. The molecule has 7 heteroatoms. The number of carbonyl (C=O) groups excluding carboxylic acids is 1. The maximum Gasteiger partial charge on any atom is 0.246 e. The quantitative estimate of drug-likeness (QED) is 0.298. The predicted octanol–water partition coefficient (Wildman–Crippen LogP) is 5.67. The van der Waals surface area contributed by atoms with E-state index < -0.39 is 17.9 Å². The Morgan fingerprint density at radius 2 is 1.68 bits per heavy atom. The van der Waals surface area contributed by atoms with Crippen molar-refractivity contribution in [2.45, 2.75) is 25.9 Å². The van der Waals surface area contributed by atoms with Crippen molar-refractivity contribution in [1.29, 1.82) is 0 Å². The Morgan fingerprint density at radius 1 is 1.03 bits per heavy atom. The molecule has 0 aliphatic rings. The Balaban J connectivity index is 1.65. The van der Waals surface area contributed by atoms with Gasteiger partial charge in [0.2, 0.25) is 5.91 Å². The summed E-state index contributed by atoms with van der Waals surface area (Å²) in [6.45, 7) is 2.30. The van der Waals surface area contributed by atoms with Crippen LogP contribution in [-0.2, 0) is 9.53 Å². The zero-order valence-electron chi connectivity index (χ0n) is 19.6. The van der Waals surface area contributed by atoms with Crippen molar-refractivity contribution in [1.82, 2.24) is 5.48 Å². The van der Waals surface area contributed by atoms with Gasteiger partial charge in [-0.05, 0) is 78.4 Å². The molecule has 0 saturated heterocycles. The van der Waals surface area contributed by atoms with E-state index in [1.54, 1.807) is 30.6 Å². The number of anilines is 1. The number of nitrogens with zero attached hydrogens (tertiary/aromatic N) is 1. The minimum absolute atomic E-state index is 0.225. The summed E-state index contributed by atoms with van der Waals surface area (Å²) in [6.07, 6.45) is 0.403. The van der Waals surface area contributed by atoms with Crippen molar-refractivity contribution in [3.8, 4) is 11.1 Å². The largest absolute Gasteiger partial charge is 0.377 e. The summed E-state index contributed by atoms with van der Waals surface area (Å²) in [4.78, 5) is 14.4. The first-order valence-electron chi connectivity index (χ1n) is 11.1. The molecule has 0 radical (unpaired) electrons. The van der Waals surface area contributed by atoms with Crippen molar-refractivity contribution in [2.75, 3.05) is 25.6 Å². The Kier molecular flexibility index (Phi) is 8.73. The van der Waals surface area contributed by atoms with Gasteiger partial charge in [-0.1, -0.05) is 30.3 Å². The molecule has 5 nitrogen and oxygen atoms in total. The van der Waals surface area contributed by atoms with Crippen LogP contribution in [0.25, 0.3) is 11.1 Å². The first kappa shape index (κ1) is 25.3. The average molecular weight is 469 g/mol. The number of halogens is 2. The van der Waals surface area contributed by atoms with Crippen LogP contribution in [-0.4, -0.2) is 31.8 Å². The molecule has 1 amide bonds. The van der Waals surface area contributed by atoms with Crippen LogP contribution in [0.2, 0.25) is 0 Å². The fraction of sp³-hybridized carbons (Fsp3) is 0.296. The Bertz CT molecular complexity index is 1090. The second-order valence-corrected chi connectivity index (χ2v) is 8.41. The van der Waals surface area contributed by atoms with Crippen LogP contribution in [0.1, 0.15) is 30.1 Å². The third kappa shape index (κ3) is 6.40. The zero-order chi connectivity index (χ0) is 24.7. The molecular weight excluding hydrogens is 438 g/mol. The van der Waals surface area contributed by atoms with Crippen LogP contribution in [0, 0.1) is 24.5 Å². The molecule has 0 saturated carbocycles. The van der Waals surface area contributed by atoms with E-state index in [9.17, 15) is 18.8 Å². The maximum absolute atomic E-state index is 13.6. The Hall–Kier alpha value is -3.29. The number of amides is 1. The summed E-state index contributed by atoms with van der Waals surface area (Å²) in [6, 6.07) is 18.9. The zero-order valence-corrected chi connectivity index (χ0v) is 19.6. The number of hydrogen-bond acceptors (Lipinski definition) is 4. The molecule has 0 aliphatic carbocycles. The third-order valence-corrected chi connectivity index (χ3v) is 6.12. The van der Waals surface area contributed by atoms with Crippen LogP contribution >= 0.6 is 0 Å². The van der Waals surface area contributed by atoms with E-state index in [2.05, 4.69) is 0 Å². The minimum atomic E-state index is -0.510. The SMILES string of the molecule is CO[C@H](C[C@H](CCN(C)c1ccc(-c2ccc(F)c(C)c2)cc1)C(=O)NO)c1ccc(F)cc1. The van der Waals surface area contributed by atoms with E-state index in [4.69, 9.17) is 4.74 Å². The number of benzene rings is 3. The highest BCUT2D eigenvalue weighted by atomic mass is 19.1. The van der Waals surface area contributed by atoms with Crippen LogP contribution in [0.3, 0.4) is 0 Å². The summed E-state index contributed by atoms with van der Waals surface area (Å²) < 4.78 is 32.4. The van der Waals surface area contributed by atoms with Gasteiger partial charge in [-0.3, -0.25) is 10.0 Å². The molecule has 0 heterocycles. The fourth-order valence-electron chi connectivity index (χ4n) is 3.96. The van der Waals surface area contributed by atoms with Crippen molar-refractivity contribution in [2.24, 2.45) is 5.92 Å². The number of carbonyl (C=O) groups is 1. The van der Waals surface area contributed by atoms with Crippen molar-refractivity contribution in [3.05, 3.63) is 89.5 Å². The van der Waals surface area contributed by atoms with Crippen LogP contribution in [0.5, 0.6) is 0 Å². The van der Waals surface area contributed by atoms with E-state index in [0.29, 0.717) is 24.9 Å². The van der Waals surface area contributed by atoms with Crippen LogP contribution in [0.4, 0.5) is 14.5 Å². The molecule has 0 aromatic heterocycles. The summed E-state index contributed by atoms with van der Waals surface area (Å²) >= 11 is 0. The van der Waals surface area contributed by atoms with Crippen LogP contribution in [0.15, 0.2) is 66.7 Å². The van der Waals surface area contributed by atoms with E-state index in [1.807, 2.05) is 42.3 Å². The van der Waals surface area contributed by atoms with E-state index in [-0.39, 0.29) is 11.6 Å². The van der Waals surface area contributed by atoms with E-state index >= 15 is 0 Å². The lowest BCUT2D eigenvalue weighted by atomic mass is 9.93. The number of nitrogens with one attached hydrogen (secondary N) is 1. The van der Waals surface area contributed by atoms with Gasteiger partial charge in [0.15, 0.2) is 0 Å². The molecular formula is C27H30F2N2O3. The number of aryl methyl sites for hydroxylation is 1. The molecule has 0 unspecified atom stereocenters. The predicted molar refractivity (Wildman–Crippen MR) is 129 cm³/mol. The summed E-state index contributed by atoms with van der Waals surface area (Å²) in [5.74, 6) is -1.56. The number of hydroxylamine groups is 1. The lowest BCUT2D eigenvalue weighted by molar-refractivity contribution is -0.134. The second kappa shape index (κ2) is 11.7. The summed E-state index contributed by atoms with van der Waals surface area (Å²) in [7, 11) is 3.47. The lowest BCUT2D eigenvalue weighted by Gasteiger charge is -2.25. The van der Waals surface area contributed by atoms with Gasteiger partial charge in [-0.25, -0.2) is 14.3 Å². The number of methoxy groups -OCH3 is 1. The van der Waals surface area contributed by atoms with E-state index in [1.165, 1.54) is 25.3 Å². The van der Waals surface area contributed by atoms with Crippen molar-refractivity contribution in [3.63, 3.8) is 0 Å². The fourth-order valence-corrected chi connectivity index (χ4v) is 3.96. The monoisotopic (exact) mass is 468 g/mol. The molecule has 0 aliphatic heterocycles. The lowest BCUT2D eigenvalue weighted by Crippen LogP contribution is -2.32. The molecule has 180 valence electrons. The van der Waals surface area contributed by atoms with Gasteiger partial charge in [0.25, 0.3) is 0 Å². The first-order valence-corrected chi connectivity index (χ1v) is 11.1. The topological polar surface area (TPSA) is 61.8 Å². The molecule has 3 aromatic rings. The van der Waals surface area contributed by atoms with Gasteiger partial charge < -0.3 is 9.64 Å². The molecule has 2 N–H and O–H groups in total. The van der Waals surface area contributed by atoms with Gasteiger partial charge in [0, 0.05) is 32.3 Å². The molecule has 2 atom stereocenters. The van der Waals surface area contributed by atoms with Crippen molar-refractivity contribution < 1.29 is 23.5 Å². The number of hydrogen-bond donors (Lipinski definition) is 2. The smallest absolute Gasteiger partial charge is 0.246 e. The highest BCUT2D eigenvalue weighted by Crippen LogP contribution is 2.28. The molecule has 0 spiro atoms. The average Bonchev–Trinajstić information content (AvgIpc) is 2.86. The van der Waals surface area contributed by atoms with Gasteiger partial charge in [0.1, 0.15) is 11.6 Å². The summed E-state index contributed by atoms with van der Waals surface area (Å²) in [5.41, 5.74) is 6.01. The molecule has 0 fully saturated rings. The van der Waals surface area contributed by atoms with Gasteiger partial charge in [0.05, 0.1) is 6.10 Å². The Morgan fingerprint density at radius 3 is 2.26 bits per heavy atom. The van der Waals surface area contributed by atoms with E-state index in [0.717, 1.165) is 22.4 Å². The van der Waals surface area contributed by atoms with Gasteiger partial charge >= 0.3 is 0 Å². The van der Waals surface area contributed by atoms with Gasteiger partial charge in [-0.15, -0.1) is 0 Å². The van der Waals surface area contributed by atoms with Crippen molar-refractivity contribution >= 4 is 11.6 Å². The van der Waals surface area contributed by atoms with Gasteiger partial charge in [-0.2, -0.15) is 0 Å². The normalized spacial score (nSPS) is 12.8. The highest BCUT2D eigenvalue weighted by molar-refractivity contribution is 5.77. The molecule has 3 rings (SSSR count). The highest BCUT2D eigenvalue weighted by Gasteiger charge is 2.24. The molecule has 3 aromatic carbocycles. The number of rotatable bonds is 10. The summed E-state index contributed by atoms with van der Waals surface area (Å²) in [5, 5.41) is 9.23. The minimum Gasteiger partial charge on any atom is -0.377 e. The molecule has 0 bridgehead atoms. The Labute approximate surface area is 198 Å². The molecule has 34 heavy (non-hydrogen) atoms. The van der Waals surface area contributed by atoms with Crippen LogP contribution < -0.4 is 10.4 Å². The second-order valence-electron chi connectivity index (χ2n) is 8.41. The standard InChI is InChI=1S/C27H30F2N2O3/c1-18-16-21(8-13-25(18)29)19-6-11-24(12-7-19)31(2)15-14-22(27(32)30-33)17-26(34-3)20-4-9-23(28)10-5-20/h4-13,16,22,26,33H,14-15,17H2,1-3H3,(H,30,32)/t22-,26+/m0/s1. The number of ether oxygens (including phenoxy) is 1. The maximum atomic E-state index is 13.6. The first-order chi connectivity index (χ1) is 16.3.